The van der Waals surface area contributed by atoms with Crippen molar-refractivity contribution >= 4 is 11.6 Å². The molecule has 0 saturated carbocycles. The minimum Gasteiger partial charge on any atom is -0.497 e. The lowest BCUT2D eigenvalue weighted by Crippen LogP contribution is -2.30. The summed E-state index contributed by atoms with van der Waals surface area (Å²) in [4.78, 5) is 19.0. The smallest absolute Gasteiger partial charge is 0.227 e. The van der Waals surface area contributed by atoms with Gasteiger partial charge in [-0.15, -0.1) is 0 Å². The van der Waals surface area contributed by atoms with E-state index >= 15 is 0 Å². The van der Waals surface area contributed by atoms with Crippen LogP contribution in [0.5, 0.6) is 11.5 Å². The van der Waals surface area contributed by atoms with Gasteiger partial charge in [0, 0.05) is 24.5 Å². The second-order valence-electron chi connectivity index (χ2n) is 6.39. The number of aromatic nitrogens is 1. The van der Waals surface area contributed by atoms with E-state index in [1.54, 1.807) is 31.5 Å². The fraction of sp³-hybridized carbons (Fsp3) is 0.217. The number of carbonyl (C=O) groups excluding carboxylic acids is 1. The Hall–Kier alpha value is -3.34. The molecule has 1 heterocycles. The Morgan fingerprint density at radius 1 is 0.929 bits per heavy atom. The lowest BCUT2D eigenvalue weighted by Gasteiger charge is -2.23. The zero-order valence-corrected chi connectivity index (χ0v) is 16.2. The number of hydrogen-bond acceptors (Lipinski definition) is 4. The second-order valence-corrected chi connectivity index (χ2v) is 6.39. The van der Waals surface area contributed by atoms with Gasteiger partial charge in [-0.1, -0.05) is 18.2 Å². The molecule has 0 unspecified atom stereocenters. The summed E-state index contributed by atoms with van der Waals surface area (Å²) >= 11 is 0. The Balaban J connectivity index is 1.77. The van der Waals surface area contributed by atoms with E-state index in [2.05, 4.69) is 4.98 Å². The number of benzene rings is 2. The molecule has 0 radical (unpaired) electrons. The van der Waals surface area contributed by atoms with Crippen molar-refractivity contribution in [2.75, 3.05) is 19.1 Å². The number of nitrogens with zero attached hydrogens (tertiary/aromatic N) is 2. The maximum atomic E-state index is 13.1. The number of carbonyl (C=O) groups is 1. The van der Waals surface area contributed by atoms with Crippen molar-refractivity contribution in [3.63, 3.8) is 0 Å². The topological polar surface area (TPSA) is 51.7 Å². The van der Waals surface area contributed by atoms with Gasteiger partial charge < -0.3 is 14.4 Å². The summed E-state index contributed by atoms with van der Waals surface area (Å²) in [5.41, 5.74) is 2.89. The third-order valence-electron chi connectivity index (χ3n) is 4.51. The van der Waals surface area contributed by atoms with Gasteiger partial charge in [0.05, 0.1) is 20.8 Å². The first-order valence-corrected chi connectivity index (χ1v) is 9.16. The van der Waals surface area contributed by atoms with Crippen molar-refractivity contribution in [2.45, 2.75) is 19.4 Å². The van der Waals surface area contributed by atoms with E-state index in [0.717, 1.165) is 28.3 Å². The van der Waals surface area contributed by atoms with Crippen LogP contribution in [0.25, 0.3) is 0 Å². The van der Waals surface area contributed by atoms with Crippen LogP contribution >= 0.6 is 0 Å². The monoisotopic (exact) mass is 376 g/mol. The molecule has 3 rings (SSSR count). The largest absolute Gasteiger partial charge is 0.497 e. The van der Waals surface area contributed by atoms with E-state index < -0.39 is 0 Å². The van der Waals surface area contributed by atoms with E-state index in [1.807, 2.05) is 60.7 Å². The van der Waals surface area contributed by atoms with Gasteiger partial charge in [0.25, 0.3) is 0 Å². The minimum absolute atomic E-state index is 0.0526. The normalized spacial score (nSPS) is 10.4. The Morgan fingerprint density at radius 2 is 1.68 bits per heavy atom. The average Bonchev–Trinajstić information content (AvgIpc) is 2.77. The van der Waals surface area contributed by atoms with E-state index in [9.17, 15) is 4.79 Å². The molecule has 5 nitrogen and oxygen atoms in total. The van der Waals surface area contributed by atoms with E-state index in [-0.39, 0.29) is 5.91 Å². The Kier molecular flexibility index (Phi) is 6.63. The third-order valence-corrected chi connectivity index (χ3v) is 4.51. The van der Waals surface area contributed by atoms with Crippen LogP contribution in [-0.4, -0.2) is 25.1 Å². The molecule has 2 aromatic carbocycles. The maximum absolute atomic E-state index is 13.1. The lowest BCUT2D eigenvalue weighted by atomic mass is 10.1. The maximum Gasteiger partial charge on any atom is 0.227 e. The third kappa shape index (κ3) is 5.10. The summed E-state index contributed by atoms with van der Waals surface area (Å²) in [6.07, 6.45) is 4.56. The van der Waals surface area contributed by atoms with Crippen LogP contribution in [0.2, 0.25) is 0 Å². The van der Waals surface area contributed by atoms with Crippen LogP contribution in [-0.2, 0) is 17.8 Å². The zero-order valence-electron chi connectivity index (χ0n) is 16.2. The molecule has 0 N–H and O–H groups in total. The molecular weight excluding hydrogens is 352 g/mol. The summed E-state index contributed by atoms with van der Waals surface area (Å²) in [7, 11) is 3.27. The molecule has 0 aliphatic rings. The van der Waals surface area contributed by atoms with Gasteiger partial charge in [0.15, 0.2) is 0 Å². The number of methoxy groups -OCH3 is 2. The van der Waals surface area contributed by atoms with Crippen molar-refractivity contribution in [1.29, 1.82) is 0 Å². The first-order chi connectivity index (χ1) is 13.7. The highest BCUT2D eigenvalue weighted by Gasteiger charge is 2.17. The van der Waals surface area contributed by atoms with Gasteiger partial charge in [-0.2, -0.15) is 0 Å². The van der Waals surface area contributed by atoms with Crippen molar-refractivity contribution in [1.82, 2.24) is 4.98 Å². The molecule has 0 atom stereocenters. The van der Waals surface area contributed by atoms with Crippen molar-refractivity contribution < 1.29 is 14.3 Å². The number of anilines is 1. The molecule has 144 valence electrons. The van der Waals surface area contributed by atoms with Gasteiger partial charge >= 0.3 is 0 Å². The van der Waals surface area contributed by atoms with Crippen LogP contribution in [0.1, 0.15) is 17.5 Å². The first kappa shape index (κ1) is 19.4. The van der Waals surface area contributed by atoms with Crippen LogP contribution in [0.3, 0.4) is 0 Å². The number of hydrogen-bond donors (Lipinski definition) is 0. The van der Waals surface area contributed by atoms with Gasteiger partial charge in [-0.05, 0) is 60.0 Å². The van der Waals surface area contributed by atoms with Crippen LogP contribution in [0.15, 0.2) is 73.1 Å². The summed E-state index contributed by atoms with van der Waals surface area (Å²) in [6.45, 7) is 0.469. The van der Waals surface area contributed by atoms with Crippen molar-refractivity contribution in [2.24, 2.45) is 0 Å². The first-order valence-electron chi connectivity index (χ1n) is 9.16. The van der Waals surface area contributed by atoms with E-state index in [1.165, 1.54) is 0 Å². The summed E-state index contributed by atoms with van der Waals surface area (Å²) in [6, 6.07) is 19.2. The van der Waals surface area contributed by atoms with Gasteiger partial charge in [0.2, 0.25) is 5.91 Å². The predicted molar refractivity (Wildman–Crippen MR) is 110 cm³/mol. The van der Waals surface area contributed by atoms with Crippen molar-refractivity contribution in [3.8, 4) is 11.5 Å². The number of ether oxygens (including phenoxy) is 2. The Bertz CT molecular complexity index is 895. The highest BCUT2D eigenvalue weighted by Crippen LogP contribution is 2.23. The molecule has 0 bridgehead atoms. The second kappa shape index (κ2) is 9.55. The van der Waals surface area contributed by atoms with E-state index in [4.69, 9.17) is 9.47 Å². The molecule has 1 aromatic heterocycles. The zero-order chi connectivity index (χ0) is 19.8. The summed E-state index contributed by atoms with van der Waals surface area (Å²) in [5, 5.41) is 0. The average molecular weight is 376 g/mol. The fourth-order valence-electron chi connectivity index (χ4n) is 2.97. The Labute approximate surface area is 165 Å². The van der Waals surface area contributed by atoms with Crippen LogP contribution in [0, 0.1) is 0 Å². The van der Waals surface area contributed by atoms with E-state index in [0.29, 0.717) is 19.4 Å². The minimum atomic E-state index is 0.0526. The van der Waals surface area contributed by atoms with Gasteiger partial charge in [-0.3, -0.25) is 9.78 Å². The highest BCUT2D eigenvalue weighted by molar-refractivity contribution is 5.93. The SMILES string of the molecule is COc1ccc(N(Cc2cccnc2)C(=O)CCc2cccc(OC)c2)cc1. The molecule has 28 heavy (non-hydrogen) atoms. The Morgan fingerprint density at radius 3 is 2.36 bits per heavy atom. The number of aryl methyl sites for hydroxylation is 1. The molecule has 0 aliphatic carbocycles. The summed E-state index contributed by atoms with van der Waals surface area (Å²) in [5.74, 6) is 1.61. The molecule has 0 aliphatic heterocycles. The van der Waals surface area contributed by atoms with Gasteiger partial charge in [-0.25, -0.2) is 0 Å². The fourth-order valence-corrected chi connectivity index (χ4v) is 2.97. The highest BCUT2D eigenvalue weighted by atomic mass is 16.5. The van der Waals surface area contributed by atoms with Crippen molar-refractivity contribution in [3.05, 3.63) is 84.2 Å². The number of amides is 1. The molecule has 5 heteroatoms. The molecule has 1 amide bonds. The molecule has 0 spiro atoms. The quantitative estimate of drug-likeness (QED) is 0.589. The van der Waals surface area contributed by atoms with Crippen LogP contribution < -0.4 is 14.4 Å². The number of pyridine rings is 1. The molecule has 0 fully saturated rings. The van der Waals surface area contributed by atoms with Gasteiger partial charge in [0.1, 0.15) is 11.5 Å². The standard InChI is InChI=1S/C23H24N2O3/c1-27-21-11-9-20(10-12-21)25(17-19-6-4-14-24-16-19)23(26)13-8-18-5-3-7-22(15-18)28-2/h3-7,9-12,14-16H,8,13,17H2,1-2H3. The van der Waals surface area contributed by atoms with Crippen LogP contribution in [0.4, 0.5) is 5.69 Å². The lowest BCUT2D eigenvalue weighted by molar-refractivity contribution is -0.118. The number of rotatable bonds is 8. The molecule has 0 saturated heterocycles. The summed E-state index contributed by atoms with van der Waals surface area (Å²) < 4.78 is 10.5. The predicted octanol–water partition coefficient (Wildman–Crippen LogP) is 4.26. The molecular formula is C23H24N2O3. The molecule has 3 aromatic rings.